The van der Waals surface area contributed by atoms with Gasteiger partial charge in [0.05, 0.1) is 0 Å². The van der Waals surface area contributed by atoms with E-state index in [0.717, 1.165) is 6.42 Å². The molecule has 0 heterocycles. The maximum absolute atomic E-state index is 11.5. The predicted octanol–water partition coefficient (Wildman–Crippen LogP) is 3.05. The third-order valence-electron chi connectivity index (χ3n) is 3.61. The van der Waals surface area contributed by atoms with E-state index in [-0.39, 0.29) is 12.1 Å². The van der Waals surface area contributed by atoms with Gasteiger partial charge in [-0.1, -0.05) is 13.8 Å². The van der Waals surface area contributed by atoms with Gasteiger partial charge < -0.3 is 15.8 Å². The first-order chi connectivity index (χ1) is 8.57. The molecule has 1 saturated carbocycles. The predicted molar refractivity (Wildman–Crippen MR) is 78.0 cm³/mol. The van der Waals surface area contributed by atoms with Crippen molar-refractivity contribution < 1.29 is 9.53 Å². The molecule has 1 fully saturated rings. The Morgan fingerprint density at radius 2 is 2.11 bits per heavy atom. The van der Waals surface area contributed by atoms with E-state index >= 15 is 0 Å². The second kappa shape index (κ2) is 6.12. The summed E-state index contributed by atoms with van der Waals surface area (Å²) >= 11 is 0. The number of hydrogen-bond donors (Lipinski definition) is 2. The van der Waals surface area contributed by atoms with Crippen molar-refractivity contribution in [3.8, 4) is 0 Å². The number of amides is 1. The van der Waals surface area contributed by atoms with Crippen molar-refractivity contribution in [2.24, 2.45) is 17.1 Å². The average molecular weight is 270 g/mol. The summed E-state index contributed by atoms with van der Waals surface area (Å²) in [5.41, 5.74) is 6.09. The van der Waals surface area contributed by atoms with Gasteiger partial charge in [0.2, 0.25) is 0 Å². The highest BCUT2D eigenvalue weighted by Gasteiger charge is 2.31. The quantitative estimate of drug-likeness (QED) is 0.825. The lowest BCUT2D eigenvalue weighted by Gasteiger charge is -2.22. The molecule has 19 heavy (non-hydrogen) atoms. The SMILES string of the molecule is CC1(C)CCC(CC(N)CNC(=O)OC(C)(C)C)C1. The second-order valence-electron chi connectivity index (χ2n) is 7.65. The van der Waals surface area contributed by atoms with Crippen molar-refractivity contribution in [2.45, 2.75) is 71.9 Å². The molecule has 4 heteroatoms. The van der Waals surface area contributed by atoms with Crippen LogP contribution in [-0.2, 0) is 4.74 Å². The maximum Gasteiger partial charge on any atom is 0.407 e. The van der Waals surface area contributed by atoms with Gasteiger partial charge in [0.15, 0.2) is 0 Å². The van der Waals surface area contributed by atoms with Gasteiger partial charge in [0, 0.05) is 12.6 Å². The number of rotatable bonds is 4. The number of nitrogens with one attached hydrogen (secondary N) is 1. The third kappa shape index (κ3) is 6.81. The molecule has 0 saturated heterocycles. The van der Waals surface area contributed by atoms with E-state index in [4.69, 9.17) is 10.5 Å². The van der Waals surface area contributed by atoms with Gasteiger partial charge in [-0.15, -0.1) is 0 Å². The fraction of sp³-hybridized carbons (Fsp3) is 0.933. The minimum atomic E-state index is -0.455. The molecule has 0 aliphatic heterocycles. The number of ether oxygens (including phenoxy) is 1. The van der Waals surface area contributed by atoms with E-state index < -0.39 is 5.60 Å². The Hall–Kier alpha value is -0.770. The van der Waals surface area contributed by atoms with Gasteiger partial charge in [0.25, 0.3) is 0 Å². The molecule has 2 unspecified atom stereocenters. The van der Waals surface area contributed by atoms with Crippen molar-refractivity contribution in [3.05, 3.63) is 0 Å². The molecule has 0 radical (unpaired) electrons. The van der Waals surface area contributed by atoms with E-state index in [1.54, 1.807) is 0 Å². The fourth-order valence-corrected chi connectivity index (χ4v) is 2.82. The van der Waals surface area contributed by atoms with Crippen LogP contribution in [-0.4, -0.2) is 24.3 Å². The van der Waals surface area contributed by atoms with Crippen molar-refractivity contribution in [1.29, 1.82) is 0 Å². The van der Waals surface area contributed by atoms with Gasteiger partial charge in [-0.3, -0.25) is 0 Å². The van der Waals surface area contributed by atoms with Crippen molar-refractivity contribution in [2.75, 3.05) is 6.54 Å². The van der Waals surface area contributed by atoms with Gasteiger partial charge in [0.1, 0.15) is 5.60 Å². The van der Waals surface area contributed by atoms with Crippen molar-refractivity contribution >= 4 is 6.09 Å². The highest BCUT2D eigenvalue weighted by Crippen LogP contribution is 2.42. The van der Waals surface area contributed by atoms with Crippen LogP contribution in [0.3, 0.4) is 0 Å². The fourth-order valence-electron chi connectivity index (χ4n) is 2.82. The summed E-state index contributed by atoms with van der Waals surface area (Å²) in [5, 5.41) is 2.75. The van der Waals surface area contributed by atoms with E-state index in [2.05, 4.69) is 19.2 Å². The molecule has 2 atom stereocenters. The summed E-state index contributed by atoms with van der Waals surface area (Å²) < 4.78 is 5.19. The summed E-state index contributed by atoms with van der Waals surface area (Å²) in [6, 6.07) is 0.0198. The van der Waals surface area contributed by atoms with Crippen LogP contribution in [0.2, 0.25) is 0 Å². The number of carbonyl (C=O) groups is 1. The zero-order valence-corrected chi connectivity index (χ0v) is 13.1. The third-order valence-corrected chi connectivity index (χ3v) is 3.61. The van der Waals surface area contributed by atoms with E-state index in [1.807, 2.05) is 20.8 Å². The number of alkyl carbamates (subject to hydrolysis) is 1. The minimum Gasteiger partial charge on any atom is -0.444 e. The number of hydrogen-bond acceptors (Lipinski definition) is 3. The molecular weight excluding hydrogens is 240 g/mol. The van der Waals surface area contributed by atoms with Crippen LogP contribution in [0.25, 0.3) is 0 Å². The number of carbonyl (C=O) groups excluding carboxylic acids is 1. The Labute approximate surface area is 117 Å². The molecule has 1 aliphatic carbocycles. The highest BCUT2D eigenvalue weighted by atomic mass is 16.6. The Kier molecular flexibility index (Phi) is 5.25. The molecule has 0 aromatic rings. The lowest BCUT2D eigenvalue weighted by atomic mass is 9.89. The lowest BCUT2D eigenvalue weighted by molar-refractivity contribution is 0.0523. The highest BCUT2D eigenvalue weighted by molar-refractivity contribution is 5.67. The zero-order valence-electron chi connectivity index (χ0n) is 13.1. The first-order valence-corrected chi connectivity index (χ1v) is 7.30. The molecule has 0 aromatic heterocycles. The largest absolute Gasteiger partial charge is 0.444 e. The summed E-state index contributed by atoms with van der Waals surface area (Å²) in [6.07, 6.45) is 4.39. The van der Waals surface area contributed by atoms with Crippen LogP contribution in [0.15, 0.2) is 0 Å². The molecule has 1 aliphatic rings. The summed E-state index contributed by atoms with van der Waals surface area (Å²) in [6.45, 7) is 10.7. The van der Waals surface area contributed by atoms with Crippen LogP contribution in [0, 0.1) is 11.3 Å². The van der Waals surface area contributed by atoms with Gasteiger partial charge >= 0.3 is 6.09 Å². The molecule has 0 bridgehead atoms. The molecule has 0 spiro atoms. The molecule has 3 N–H and O–H groups in total. The standard InChI is InChI=1S/C15H30N2O2/c1-14(2,3)19-13(18)17-10-12(16)8-11-6-7-15(4,5)9-11/h11-12H,6-10,16H2,1-5H3,(H,17,18). The average Bonchev–Trinajstić information content (AvgIpc) is 2.52. The first-order valence-electron chi connectivity index (χ1n) is 7.30. The van der Waals surface area contributed by atoms with E-state index in [9.17, 15) is 4.79 Å². The van der Waals surface area contributed by atoms with Crippen molar-refractivity contribution in [3.63, 3.8) is 0 Å². The second-order valence-corrected chi connectivity index (χ2v) is 7.65. The van der Waals surface area contributed by atoms with Crippen LogP contribution < -0.4 is 11.1 Å². The van der Waals surface area contributed by atoms with Gasteiger partial charge in [-0.05, 0) is 57.8 Å². The molecule has 4 nitrogen and oxygen atoms in total. The van der Waals surface area contributed by atoms with Crippen molar-refractivity contribution in [1.82, 2.24) is 5.32 Å². The monoisotopic (exact) mass is 270 g/mol. The Morgan fingerprint density at radius 1 is 1.47 bits per heavy atom. The van der Waals surface area contributed by atoms with E-state index in [0.29, 0.717) is 17.9 Å². The van der Waals surface area contributed by atoms with E-state index in [1.165, 1.54) is 19.3 Å². The molecule has 0 aromatic carbocycles. The maximum atomic E-state index is 11.5. The van der Waals surface area contributed by atoms with Crippen LogP contribution in [0.5, 0.6) is 0 Å². The van der Waals surface area contributed by atoms with Crippen LogP contribution in [0.4, 0.5) is 4.79 Å². The van der Waals surface area contributed by atoms with Gasteiger partial charge in [-0.25, -0.2) is 4.79 Å². The molecular formula is C15H30N2O2. The molecule has 1 amide bonds. The topological polar surface area (TPSA) is 64.3 Å². The smallest absolute Gasteiger partial charge is 0.407 e. The summed E-state index contributed by atoms with van der Waals surface area (Å²) in [7, 11) is 0. The van der Waals surface area contributed by atoms with Crippen LogP contribution >= 0.6 is 0 Å². The minimum absolute atomic E-state index is 0.0198. The Balaban J connectivity index is 2.22. The van der Waals surface area contributed by atoms with Gasteiger partial charge in [-0.2, -0.15) is 0 Å². The number of nitrogens with two attached hydrogens (primary N) is 1. The molecule has 1 rings (SSSR count). The normalized spacial score (nSPS) is 24.0. The van der Waals surface area contributed by atoms with Crippen LogP contribution in [0.1, 0.15) is 60.3 Å². The Morgan fingerprint density at radius 3 is 2.58 bits per heavy atom. The molecule has 112 valence electrons. The summed E-state index contributed by atoms with van der Waals surface area (Å²) in [4.78, 5) is 11.5. The zero-order chi connectivity index (χ0) is 14.7. The Bertz CT molecular complexity index is 308. The summed E-state index contributed by atoms with van der Waals surface area (Å²) in [5.74, 6) is 0.699. The lowest BCUT2D eigenvalue weighted by Crippen LogP contribution is -2.40. The first kappa shape index (κ1) is 16.3.